The Hall–Kier alpha value is -3.42. The van der Waals surface area contributed by atoms with Crippen LogP contribution in [0.25, 0.3) is 6.08 Å². The molecule has 0 unspecified atom stereocenters. The Kier molecular flexibility index (Phi) is 23.7. The van der Waals surface area contributed by atoms with E-state index >= 15 is 0 Å². The molecule has 3 rings (SSSR count). The van der Waals surface area contributed by atoms with E-state index in [0.717, 1.165) is 16.7 Å². The number of allylic oxidation sites excluding steroid dienone is 7. The Morgan fingerprint density at radius 1 is 1.06 bits per heavy atom. The highest BCUT2D eigenvalue weighted by molar-refractivity contribution is 7.46. The molecule has 0 aliphatic carbocycles. The molecular formula is C51H83N4O15P. The molecule has 0 bridgehead atoms. The summed E-state index contributed by atoms with van der Waals surface area (Å²) in [6.45, 7) is 18.2. The number of nitrogens with zero attached hydrogens (tertiary/aromatic N) is 3. The van der Waals surface area contributed by atoms with Crippen molar-refractivity contribution in [2.24, 2.45) is 23.2 Å². The molecule has 1 aromatic rings. The molecule has 1 aromatic heterocycles. The van der Waals surface area contributed by atoms with Gasteiger partial charge in [-0.3, -0.25) is 9.32 Å². The minimum Gasteiger partial charge on any atom is -0.448 e. The average Bonchev–Trinajstić information content (AvgIpc) is 3.84. The lowest BCUT2D eigenvalue weighted by Gasteiger charge is -2.50. The van der Waals surface area contributed by atoms with Crippen molar-refractivity contribution in [3.05, 3.63) is 71.0 Å². The Morgan fingerprint density at radius 2 is 1.72 bits per heavy atom. The molecule has 1 spiro atoms. The molecule has 402 valence electrons. The fourth-order valence-corrected chi connectivity index (χ4v) is 10.0. The summed E-state index contributed by atoms with van der Waals surface area (Å²) in [6, 6.07) is 0.980. The SMILES string of the molecule is COC[C@H]([C@@H](O)[C@@H](O)C(=O)N[C@@H](C)C[C@@H](C)c1nc(/C=C/C[C@H]2O[C@]3(C[C@H](O)[C@H]2C)O[C@@H]([C@@H](C[C@@H](O)[C@@H](C)[C@@H](O)[C@@H](C)/C=C(C)/C(C)=C\C=C\C(C)=C\C#N)OC)[C@@H](OP(=O)(O)O)C3(C)C)co1)N(C)C. The van der Waals surface area contributed by atoms with Crippen LogP contribution in [0, 0.1) is 34.5 Å². The predicted octanol–water partition coefficient (Wildman–Crippen LogP) is 5.08. The number of aromatic nitrogens is 1. The summed E-state index contributed by atoms with van der Waals surface area (Å²) in [6.07, 6.45) is 4.05. The molecule has 0 aromatic carbocycles. The van der Waals surface area contributed by atoms with Gasteiger partial charge in [0.05, 0.1) is 49.2 Å². The van der Waals surface area contributed by atoms with E-state index in [4.69, 9.17) is 33.2 Å². The fourth-order valence-electron chi connectivity index (χ4n) is 9.34. The van der Waals surface area contributed by atoms with Crippen LogP contribution >= 0.6 is 7.82 Å². The van der Waals surface area contributed by atoms with Crippen LogP contribution in [0.2, 0.25) is 0 Å². The molecule has 20 heteroatoms. The van der Waals surface area contributed by atoms with Gasteiger partial charge in [0.25, 0.3) is 5.91 Å². The van der Waals surface area contributed by atoms with Crippen molar-refractivity contribution >= 4 is 19.8 Å². The molecule has 2 fully saturated rings. The minimum atomic E-state index is -5.16. The van der Waals surface area contributed by atoms with Crippen LogP contribution in [0.1, 0.15) is 112 Å². The van der Waals surface area contributed by atoms with Gasteiger partial charge in [-0.25, -0.2) is 9.55 Å². The summed E-state index contributed by atoms with van der Waals surface area (Å²) in [7, 11) is 1.13. The summed E-state index contributed by atoms with van der Waals surface area (Å²) in [5, 5.41) is 67.4. The number of aliphatic hydroxyl groups is 5. The Morgan fingerprint density at radius 3 is 2.31 bits per heavy atom. The number of oxazole rings is 1. The Balaban J connectivity index is 1.76. The van der Waals surface area contributed by atoms with Crippen LogP contribution in [-0.4, -0.2) is 159 Å². The second-order valence-electron chi connectivity index (χ2n) is 20.4. The fraction of sp³-hybridized carbons (Fsp3) is 0.706. The highest BCUT2D eigenvalue weighted by atomic mass is 31.2. The molecule has 0 saturated carbocycles. The average molecular weight is 1020 g/mol. The molecule has 16 atom stereocenters. The van der Waals surface area contributed by atoms with Crippen LogP contribution in [-0.2, 0) is 32.8 Å². The third-order valence-corrected chi connectivity index (χ3v) is 14.7. The van der Waals surface area contributed by atoms with E-state index in [-0.39, 0.29) is 37.7 Å². The molecule has 2 aliphatic rings. The van der Waals surface area contributed by atoms with Crippen LogP contribution in [0.4, 0.5) is 0 Å². The summed E-state index contributed by atoms with van der Waals surface area (Å²) in [5.41, 5.74) is 1.87. The molecule has 71 heavy (non-hydrogen) atoms. The number of carbonyl (C=O) groups excluding carboxylic acids is 1. The standard InChI is InChI=1S/C51H83N4O15P/c1-29(21-22-52)17-15-18-30(2)31(3)23-32(4)43(58)36(8)39(56)25-42(66-14)46-47(70-71(62,63)64)50(9,10)51(69-46)26-40(57)35(7)41(68-51)20-16-19-37-27-67-49(54-37)33(5)24-34(6)53-48(61)45(60)44(59)38(28-65-13)55(11)12/h15-19,21,23,27,32-36,38-47,56-60H,20,24-26,28H2,1-14H3,(H,53,61)(H2,62,63,64)/b17-15+,19-16+,29-21+,30-18-,31-23+/t32-,33+,34-,35+,36+,38+,39+,40-,41+,42+,43-,44+,45+,46-,47+,51+/m0/s1. The summed E-state index contributed by atoms with van der Waals surface area (Å²) >= 11 is 0. The molecule has 3 heterocycles. The number of phosphoric acid groups is 1. The second kappa shape index (κ2) is 27.2. The number of amides is 1. The van der Waals surface area contributed by atoms with E-state index in [2.05, 4.69) is 10.3 Å². The normalized spacial score (nSPS) is 27.8. The predicted molar refractivity (Wildman–Crippen MR) is 267 cm³/mol. The molecule has 0 radical (unpaired) electrons. The van der Waals surface area contributed by atoms with Gasteiger partial charge in [0.2, 0.25) is 0 Å². The zero-order valence-corrected chi connectivity index (χ0v) is 44.9. The number of aliphatic hydroxyl groups excluding tert-OH is 5. The van der Waals surface area contributed by atoms with Crippen LogP contribution in [0.15, 0.2) is 63.9 Å². The summed E-state index contributed by atoms with van der Waals surface area (Å²) in [4.78, 5) is 39.5. The number of rotatable bonds is 26. The molecule has 1 amide bonds. The molecule has 2 aliphatic heterocycles. The lowest BCUT2D eigenvalue weighted by Crippen LogP contribution is -2.58. The molecule has 2 saturated heterocycles. The van der Waals surface area contributed by atoms with E-state index < -0.39 is 104 Å². The first-order chi connectivity index (χ1) is 33.0. The van der Waals surface area contributed by atoms with Gasteiger partial charge < -0.3 is 68.9 Å². The highest BCUT2D eigenvalue weighted by Crippen LogP contribution is 2.59. The maximum absolute atomic E-state index is 12.8. The third kappa shape index (κ3) is 16.8. The summed E-state index contributed by atoms with van der Waals surface area (Å²) in [5.74, 6) is -3.67. The molecule has 19 nitrogen and oxygen atoms in total. The van der Waals surface area contributed by atoms with Crippen molar-refractivity contribution < 1.29 is 72.6 Å². The van der Waals surface area contributed by atoms with Gasteiger partial charge in [-0.05, 0) is 71.9 Å². The number of nitriles is 1. The van der Waals surface area contributed by atoms with Crippen molar-refractivity contribution in [2.45, 2.75) is 174 Å². The number of carbonyl (C=O) groups is 1. The van der Waals surface area contributed by atoms with Crippen molar-refractivity contribution in [1.82, 2.24) is 15.2 Å². The van der Waals surface area contributed by atoms with Crippen LogP contribution in [0.3, 0.4) is 0 Å². The first-order valence-corrected chi connectivity index (χ1v) is 25.8. The van der Waals surface area contributed by atoms with Gasteiger partial charge in [-0.2, -0.15) is 5.26 Å². The number of methoxy groups -OCH3 is 2. The Bertz CT molecular complexity index is 2110. The number of phosphoric ester groups is 1. The minimum absolute atomic E-state index is 0.0661. The van der Waals surface area contributed by atoms with E-state index in [1.54, 1.807) is 52.8 Å². The van der Waals surface area contributed by atoms with Crippen LogP contribution in [0.5, 0.6) is 0 Å². The maximum atomic E-state index is 12.8. The second-order valence-corrected chi connectivity index (χ2v) is 21.6. The number of hydrogen-bond acceptors (Lipinski definition) is 16. The lowest BCUT2D eigenvalue weighted by molar-refractivity contribution is -0.334. The molecule has 8 N–H and O–H groups in total. The van der Waals surface area contributed by atoms with Gasteiger partial charge in [0.15, 0.2) is 17.8 Å². The van der Waals surface area contributed by atoms with E-state index in [1.165, 1.54) is 26.6 Å². The maximum Gasteiger partial charge on any atom is 0.469 e. The number of likely N-dealkylation sites (N-methyl/N-ethyl adjacent to an activating group) is 1. The van der Waals surface area contributed by atoms with Crippen molar-refractivity contribution in [3.63, 3.8) is 0 Å². The zero-order chi connectivity index (χ0) is 53.8. The van der Waals surface area contributed by atoms with E-state index in [0.29, 0.717) is 18.0 Å². The zero-order valence-electron chi connectivity index (χ0n) is 44.0. The van der Waals surface area contributed by atoms with Gasteiger partial charge in [0.1, 0.15) is 30.3 Å². The third-order valence-electron chi connectivity index (χ3n) is 14.2. The monoisotopic (exact) mass is 1020 g/mol. The topological polar surface area (TPSA) is 287 Å². The van der Waals surface area contributed by atoms with E-state index in [1.807, 2.05) is 78.0 Å². The van der Waals surface area contributed by atoms with Gasteiger partial charge in [0, 0.05) is 68.3 Å². The molecular weight excluding hydrogens is 940 g/mol. The lowest BCUT2D eigenvalue weighted by atomic mass is 9.72. The quantitative estimate of drug-likeness (QED) is 0.0341. The van der Waals surface area contributed by atoms with Crippen molar-refractivity contribution in [3.8, 4) is 6.07 Å². The van der Waals surface area contributed by atoms with Crippen molar-refractivity contribution in [2.75, 3.05) is 34.9 Å². The largest absolute Gasteiger partial charge is 0.469 e. The first-order valence-electron chi connectivity index (χ1n) is 24.2. The van der Waals surface area contributed by atoms with Gasteiger partial charge in [-0.15, -0.1) is 0 Å². The number of hydrogen-bond donors (Lipinski definition) is 8. The summed E-state index contributed by atoms with van der Waals surface area (Å²) < 4.78 is 48.3. The highest BCUT2D eigenvalue weighted by Gasteiger charge is 2.68. The number of nitrogens with one attached hydrogen (secondary N) is 1. The first kappa shape index (κ1) is 61.9. The van der Waals surface area contributed by atoms with E-state index in [9.17, 15) is 44.7 Å². The Labute approximate surface area is 420 Å². The van der Waals surface area contributed by atoms with Gasteiger partial charge in [-0.1, -0.05) is 77.5 Å². The van der Waals surface area contributed by atoms with Crippen molar-refractivity contribution in [1.29, 1.82) is 5.26 Å². The smallest absolute Gasteiger partial charge is 0.448 e. The van der Waals surface area contributed by atoms with Crippen LogP contribution < -0.4 is 5.32 Å². The number of ether oxygens (including phenoxy) is 4. The van der Waals surface area contributed by atoms with Gasteiger partial charge >= 0.3 is 7.82 Å².